The molecule has 1 rings (SSSR count). The minimum atomic E-state index is -0.466. The van der Waals surface area contributed by atoms with Crippen molar-refractivity contribution >= 4 is 6.09 Å². The lowest BCUT2D eigenvalue weighted by Crippen LogP contribution is -2.33. The molecule has 0 aliphatic rings. The molecule has 0 fully saturated rings. The first kappa shape index (κ1) is 17.5. The van der Waals surface area contributed by atoms with Gasteiger partial charge in [-0.15, -0.1) is 0 Å². The zero-order valence-electron chi connectivity index (χ0n) is 13.3. The van der Waals surface area contributed by atoms with E-state index in [0.29, 0.717) is 6.54 Å². The highest BCUT2D eigenvalue weighted by molar-refractivity contribution is 5.67. The fourth-order valence-corrected chi connectivity index (χ4v) is 2.09. The van der Waals surface area contributed by atoms with E-state index in [1.165, 1.54) is 11.1 Å². The first-order valence-electron chi connectivity index (χ1n) is 7.57. The Hall–Kier alpha value is -1.55. The van der Waals surface area contributed by atoms with Crippen molar-refractivity contribution < 1.29 is 14.6 Å². The molecular formula is C17H27NO3. The van der Waals surface area contributed by atoms with Gasteiger partial charge in [-0.1, -0.05) is 24.3 Å². The molecule has 0 bridgehead atoms. The van der Waals surface area contributed by atoms with Crippen LogP contribution in [0.25, 0.3) is 0 Å². The normalized spacial score (nSPS) is 11.2. The van der Waals surface area contributed by atoms with Crippen LogP contribution in [0.4, 0.5) is 4.79 Å². The molecule has 0 aliphatic heterocycles. The molecule has 1 amide bonds. The lowest BCUT2D eigenvalue weighted by Gasteiger charge is -2.19. The topological polar surface area (TPSA) is 58.6 Å². The van der Waals surface area contributed by atoms with E-state index in [-0.39, 0.29) is 12.7 Å². The second-order valence-corrected chi connectivity index (χ2v) is 6.13. The molecule has 0 atom stereocenters. The van der Waals surface area contributed by atoms with Crippen LogP contribution in [0.5, 0.6) is 0 Å². The number of amides is 1. The molecular weight excluding hydrogens is 266 g/mol. The van der Waals surface area contributed by atoms with Crippen molar-refractivity contribution in [2.24, 2.45) is 0 Å². The highest BCUT2D eigenvalue weighted by Crippen LogP contribution is 2.13. The summed E-state index contributed by atoms with van der Waals surface area (Å²) in [7, 11) is 0. The van der Waals surface area contributed by atoms with Gasteiger partial charge in [0.05, 0.1) is 0 Å². The number of carbonyl (C=O) groups excluding carboxylic acids is 1. The van der Waals surface area contributed by atoms with E-state index in [9.17, 15) is 4.79 Å². The average molecular weight is 293 g/mol. The molecule has 0 saturated heterocycles. The van der Waals surface area contributed by atoms with Crippen LogP contribution in [0, 0.1) is 0 Å². The van der Waals surface area contributed by atoms with Gasteiger partial charge in [0, 0.05) is 13.2 Å². The number of unbranched alkanes of at least 4 members (excludes halogenated alkanes) is 1. The summed E-state index contributed by atoms with van der Waals surface area (Å²) in [6, 6.07) is 8.24. The zero-order chi connectivity index (χ0) is 15.7. The maximum Gasteiger partial charge on any atom is 0.407 e. The number of nitrogens with one attached hydrogen (secondary N) is 1. The van der Waals surface area contributed by atoms with E-state index >= 15 is 0 Å². The molecule has 2 N–H and O–H groups in total. The lowest BCUT2D eigenvalue weighted by atomic mass is 10.00. The van der Waals surface area contributed by atoms with Gasteiger partial charge in [0.1, 0.15) is 5.60 Å². The van der Waals surface area contributed by atoms with E-state index in [1.807, 2.05) is 32.9 Å². The number of carbonyl (C=O) groups is 1. The van der Waals surface area contributed by atoms with E-state index < -0.39 is 5.60 Å². The first-order valence-corrected chi connectivity index (χ1v) is 7.57. The fourth-order valence-electron chi connectivity index (χ4n) is 2.09. The van der Waals surface area contributed by atoms with Crippen molar-refractivity contribution in [2.45, 2.75) is 52.1 Å². The van der Waals surface area contributed by atoms with Crippen LogP contribution in [-0.2, 0) is 17.6 Å². The predicted molar refractivity (Wildman–Crippen MR) is 84.4 cm³/mol. The molecule has 0 aliphatic carbocycles. The third-order valence-corrected chi connectivity index (χ3v) is 3.04. The summed E-state index contributed by atoms with van der Waals surface area (Å²) in [4.78, 5) is 11.6. The van der Waals surface area contributed by atoms with Crippen LogP contribution in [0.15, 0.2) is 24.3 Å². The Bertz CT molecular complexity index is 438. The Morgan fingerprint density at radius 1 is 1.14 bits per heavy atom. The van der Waals surface area contributed by atoms with Gasteiger partial charge in [-0.05, 0) is 57.6 Å². The molecule has 4 nitrogen and oxygen atoms in total. The quantitative estimate of drug-likeness (QED) is 0.760. The Labute approximate surface area is 127 Å². The second-order valence-electron chi connectivity index (χ2n) is 6.13. The van der Waals surface area contributed by atoms with Gasteiger partial charge in [-0.2, -0.15) is 0 Å². The summed E-state index contributed by atoms with van der Waals surface area (Å²) in [5.74, 6) is 0. The smallest absolute Gasteiger partial charge is 0.407 e. The molecule has 0 saturated carbocycles. The van der Waals surface area contributed by atoms with Gasteiger partial charge >= 0.3 is 6.09 Å². The van der Waals surface area contributed by atoms with Crippen LogP contribution in [0.2, 0.25) is 0 Å². The Morgan fingerprint density at radius 3 is 2.33 bits per heavy atom. The Balaban J connectivity index is 2.42. The van der Waals surface area contributed by atoms with Crippen molar-refractivity contribution in [2.75, 3.05) is 13.2 Å². The van der Waals surface area contributed by atoms with Crippen molar-refractivity contribution in [1.29, 1.82) is 0 Å². The number of ether oxygens (including phenoxy) is 1. The van der Waals surface area contributed by atoms with Gasteiger partial charge in [0.15, 0.2) is 0 Å². The van der Waals surface area contributed by atoms with Gasteiger partial charge in [0.2, 0.25) is 0 Å². The number of alkyl carbamates (subject to hydrolysis) is 1. The molecule has 4 heteroatoms. The number of benzene rings is 1. The monoisotopic (exact) mass is 293 g/mol. The SMILES string of the molecule is CC(C)(C)OC(=O)NCCc1ccccc1CCCCO. The molecule has 0 heterocycles. The number of aliphatic hydroxyl groups is 1. The Morgan fingerprint density at radius 2 is 1.76 bits per heavy atom. The number of aliphatic hydroxyl groups excluding tert-OH is 1. The number of hydrogen-bond donors (Lipinski definition) is 2. The van der Waals surface area contributed by atoms with Crippen molar-refractivity contribution in [3.05, 3.63) is 35.4 Å². The average Bonchev–Trinajstić information content (AvgIpc) is 2.38. The predicted octanol–water partition coefficient (Wildman–Crippen LogP) is 3.07. The summed E-state index contributed by atoms with van der Waals surface area (Å²) in [6.07, 6.45) is 3.18. The molecule has 0 aromatic heterocycles. The summed E-state index contributed by atoms with van der Waals surface area (Å²) < 4.78 is 5.21. The van der Waals surface area contributed by atoms with E-state index in [0.717, 1.165) is 25.7 Å². The molecule has 0 radical (unpaired) electrons. The van der Waals surface area contributed by atoms with Gasteiger partial charge < -0.3 is 15.2 Å². The van der Waals surface area contributed by atoms with E-state index in [4.69, 9.17) is 9.84 Å². The highest BCUT2D eigenvalue weighted by atomic mass is 16.6. The van der Waals surface area contributed by atoms with Crippen molar-refractivity contribution in [1.82, 2.24) is 5.32 Å². The zero-order valence-corrected chi connectivity index (χ0v) is 13.3. The third-order valence-electron chi connectivity index (χ3n) is 3.04. The second kappa shape index (κ2) is 8.67. The summed E-state index contributed by atoms with van der Waals surface area (Å²) in [5.41, 5.74) is 2.06. The molecule has 0 spiro atoms. The maximum absolute atomic E-state index is 11.6. The minimum Gasteiger partial charge on any atom is -0.444 e. The Kier molecular flexibility index (Phi) is 7.23. The number of aryl methyl sites for hydroxylation is 1. The van der Waals surface area contributed by atoms with Crippen molar-refractivity contribution in [3.63, 3.8) is 0 Å². The van der Waals surface area contributed by atoms with Crippen LogP contribution in [0.3, 0.4) is 0 Å². The summed E-state index contributed by atoms with van der Waals surface area (Å²) in [6.45, 7) is 6.35. The molecule has 21 heavy (non-hydrogen) atoms. The van der Waals surface area contributed by atoms with Gasteiger partial charge in [-0.3, -0.25) is 0 Å². The summed E-state index contributed by atoms with van der Waals surface area (Å²) in [5, 5.41) is 11.6. The molecule has 0 unspecified atom stereocenters. The summed E-state index contributed by atoms with van der Waals surface area (Å²) >= 11 is 0. The molecule has 1 aromatic carbocycles. The van der Waals surface area contributed by atoms with Crippen LogP contribution < -0.4 is 5.32 Å². The molecule has 118 valence electrons. The number of hydrogen-bond acceptors (Lipinski definition) is 3. The maximum atomic E-state index is 11.6. The third kappa shape index (κ3) is 7.71. The van der Waals surface area contributed by atoms with E-state index in [2.05, 4.69) is 17.4 Å². The van der Waals surface area contributed by atoms with Crippen LogP contribution >= 0.6 is 0 Å². The largest absolute Gasteiger partial charge is 0.444 e. The van der Waals surface area contributed by atoms with E-state index in [1.54, 1.807) is 0 Å². The van der Waals surface area contributed by atoms with Gasteiger partial charge in [0.25, 0.3) is 0 Å². The van der Waals surface area contributed by atoms with Crippen molar-refractivity contribution in [3.8, 4) is 0 Å². The fraction of sp³-hybridized carbons (Fsp3) is 0.588. The minimum absolute atomic E-state index is 0.238. The highest BCUT2D eigenvalue weighted by Gasteiger charge is 2.15. The molecule has 1 aromatic rings. The number of rotatable bonds is 7. The van der Waals surface area contributed by atoms with Crippen LogP contribution in [0.1, 0.15) is 44.7 Å². The lowest BCUT2D eigenvalue weighted by molar-refractivity contribution is 0.0528. The first-order chi connectivity index (χ1) is 9.92. The van der Waals surface area contributed by atoms with Gasteiger partial charge in [-0.25, -0.2) is 4.79 Å². The van der Waals surface area contributed by atoms with Crippen LogP contribution in [-0.4, -0.2) is 30.0 Å². The standard InChI is InChI=1S/C17H27NO3/c1-17(2,3)21-16(20)18-12-11-15-9-5-4-8-14(15)10-6-7-13-19/h4-5,8-9,19H,6-7,10-13H2,1-3H3,(H,18,20).